The van der Waals surface area contributed by atoms with E-state index >= 15 is 0 Å². The van der Waals surface area contributed by atoms with Gasteiger partial charge in [-0.3, -0.25) is 0 Å². The largest absolute Gasteiger partial charge is 0.486 e. The van der Waals surface area contributed by atoms with E-state index in [1.165, 1.54) is 0 Å². The Morgan fingerprint density at radius 1 is 1.62 bits per heavy atom. The summed E-state index contributed by atoms with van der Waals surface area (Å²) in [4.78, 5) is 1.12. The summed E-state index contributed by atoms with van der Waals surface area (Å²) >= 11 is 4.95. The van der Waals surface area contributed by atoms with Crippen LogP contribution < -0.4 is 4.74 Å². The van der Waals surface area contributed by atoms with Crippen LogP contribution in [0, 0.1) is 0 Å². The van der Waals surface area contributed by atoms with E-state index in [0.29, 0.717) is 6.42 Å². The Morgan fingerprint density at radius 2 is 2.23 bits per heavy atom. The third-order valence-electron chi connectivity index (χ3n) is 1.50. The van der Waals surface area contributed by atoms with E-state index in [1.54, 1.807) is 32.3 Å². The maximum absolute atomic E-state index is 9.59. The van der Waals surface area contributed by atoms with Crippen LogP contribution in [0.4, 0.5) is 0 Å². The number of aliphatic hydroxyl groups is 1. The average Bonchev–Trinajstić information content (AvgIpc) is 2.26. The molecule has 0 fully saturated rings. The van der Waals surface area contributed by atoms with E-state index in [1.807, 2.05) is 6.07 Å². The molecule has 2 nitrogen and oxygen atoms in total. The second-order valence-corrected chi connectivity index (χ2v) is 5.50. The Balaban J connectivity index is 2.80. The van der Waals surface area contributed by atoms with Gasteiger partial charge in [-0.05, 0) is 35.8 Å². The van der Waals surface area contributed by atoms with Gasteiger partial charge in [-0.25, -0.2) is 0 Å². The third kappa shape index (κ3) is 3.29. The molecule has 74 valence electrons. The van der Waals surface area contributed by atoms with E-state index in [-0.39, 0.29) is 0 Å². The minimum atomic E-state index is -0.657. The number of hydrogen-bond donors (Lipinski definition) is 1. The Hall–Kier alpha value is -0.0600. The average molecular weight is 265 g/mol. The molecule has 0 aliphatic heterocycles. The van der Waals surface area contributed by atoms with E-state index in [0.717, 1.165) is 14.4 Å². The molecule has 1 aromatic rings. The van der Waals surface area contributed by atoms with E-state index < -0.39 is 5.60 Å². The fourth-order valence-electron chi connectivity index (χ4n) is 1.05. The highest BCUT2D eigenvalue weighted by molar-refractivity contribution is 9.10. The zero-order chi connectivity index (χ0) is 10.1. The van der Waals surface area contributed by atoms with Crippen molar-refractivity contribution in [1.29, 1.82) is 0 Å². The van der Waals surface area contributed by atoms with Crippen LogP contribution in [-0.2, 0) is 6.42 Å². The van der Waals surface area contributed by atoms with Crippen molar-refractivity contribution in [2.45, 2.75) is 25.9 Å². The lowest BCUT2D eigenvalue weighted by Gasteiger charge is -2.14. The molecule has 0 spiro atoms. The standard InChI is InChI=1S/C9H13BrO2S/c1-9(2,11)5-6-4-7(10)8(12-3)13-6/h4,11H,5H2,1-3H3. The van der Waals surface area contributed by atoms with Crippen molar-refractivity contribution in [3.63, 3.8) is 0 Å². The normalized spacial score (nSPS) is 11.8. The first-order valence-corrected chi connectivity index (χ1v) is 5.58. The number of hydrogen-bond acceptors (Lipinski definition) is 3. The van der Waals surface area contributed by atoms with Crippen LogP contribution >= 0.6 is 27.3 Å². The molecule has 0 bridgehead atoms. The Kier molecular flexibility index (Phi) is 3.38. The van der Waals surface area contributed by atoms with Crippen molar-refractivity contribution in [2.24, 2.45) is 0 Å². The molecule has 0 saturated carbocycles. The van der Waals surface area contributed by atoms with Gasteiger partial charge in [0.2, 0.25) is 0 Å². The second kappa shape index (κ2) is 3.98. The van der Waals surface area contributed by atoms with Crippen molar-refractivity contribution in [2.75, 3.05) is 7.11 Å². The van der Waals surface area contributed by atoms with E-state index in [2.05, 4.69) is 15.9 Å². The van der Waals surface area contributed by atoms with Gasteiger partial charge >= 0.3 is 0 Å². The smallest absolute Gasteiger partial charge is 0.188 e. The summed E-state index contributed by atoms with van der Waals surface area (Å²) in [5, 5.41) is 10.5. The Bertz CT molecular complexity index is 288. The first-order valence-electron chi connectivity index (χ1n) is 3.97. The van der Waals surface area contributed by atoms with Crippen molar-refractivity contribution in [3.8, 4) is 5.06 Å². The third-order valence-corrected chi connectivity index (χ3v) is 3.45. The number of rotatable bonds is 3. The summed E-state index contributed by atoms with van der Waals surface area (Å²) in [6.45, 7) is 3.60. The predicted molar refractivity (Wildman–Crippen MR) is 58.6 cm³/mol. The highest BCUT2D eigenvalue weighted by Gasteiger charge is 2.16. The molecule has 4 heteroatoms. The summed E-state index contributed by atoms with van der Waals surface area (Å²) in [5.41, 5.74) is -0.657. The zero-order valence-electron chi connectivity index (χ0n) is 7.93. The summed E-state index contributed by atoms with van der Waals surface area (Å²) in [7, 11) is 1.64. The van der Waals surface area contributed by atoms with Gasteiger partial charge < -0.3 is 9.84 Å². The molecule has 1 rings (SSSR count). The minimum Gasteiger partial charge on any atom is -0.486 e. The van der Waals surface area contributed by atoms with Crippen molar-refractivity contribution in [3.05, 3.63) is 15.4 Å². The molecule has 1 aromatic heterocycles. The maximum Gasteiger partial charge on any atom is 0.188 e. The van der Waals surface area contributed by atoms with Crippen LogP contribution in [0.5, 0.6) is 5.06 Å². The van der Waals surface area contributed by atoms with Gasteiger partial charge in [0, 0.05) is 11.3 Å². The first-order chi connectivity index (χ1) is 5.92. The monoisotopic (exact) mass is 264 g/mol. The quantitative estimate of drug-likeness (QED) is 0.910. The van der Waals surface area contributed by atoms with Gasteiger partial charge in [-0.1, -0.05) is 0 Å². The summed E-state index contributed by atoms with van der Waals surface area (Å²) < 4.78 is 6.09. The minimum absolute atomic E-state index is 0.652. The topological polar surface area (TPSA) is 29.5 Å². The second-order valence-electron chi connectivity index (χ2n) is 3.54. The molecule has 0 saturated heterocycles. The maximum atomic E-state index is 9.59. The molecule has 13 heavy (non-hydrogen) atoms. The van der Waals surface area contributed by atoms with Crippen LogP contribution in [0.25, 0.3) is 0 Å². The Morgan fingerprint density at radius 3 is 2.62 bits per heavy atom. The van der Waals surface area contributed by atoms with Crippen molar-refractivity contribution >= 4 is 27.3 Å². The molecule has 0 atom stereocenters. The molecular weight excluding hydrogens is 252 g/mol. The van der Waals surface area contributed by atoms with Gasteiger partial charge in [0.15, 0.2) is 5.06 Å². The zero-order valence-corrected chi connectivity index (χ0v) is 10.3. The van der Waals surface area contributed by atoms with Crippen molar-refractivity contribution in [1.82, 2.24) is 0 Å². The van der Waals surface area contributed by atoms with Gasteiger partial charge in [0.25, 0.3) is 0 Å². The number of thiophene rings is 1. The molecule has 1 heterocycles. The van der Waals surface area contributed by atoms with Gasteiger partial charge in [0.1, 0.15) is 0 Å². The lowest BCUT2D eigenvalue weighted by Crippen LogP contribution is -2.20. The summed E-state index contributed by atoms with van der Waals surface area (Å²) in [6.07, 6.45) is 0.652. The van der Waals surface area contributed by atoms with Crippen LogP contribution in [0.3, 0.4) is 0 Å². The highest BCUT2D eigenvalue weighted by Crippen LogP contribution is 2.36. The van der Waals surface area contributed by atoms with Gasteiger partial charge in [-0.2, -0.15) is 0 Å². The van der Waals surface area contributed by atoms with Gasteiger partial charge in [-0.15, -0.1) is 11.3 Å². The molecule has 0 aliphatic rings. The number of halogens is 1. The number of ether oxygens (including phenoxy) is 1. The predicted octanol–water partition coefficient (Wildman–Crippen LogP) is 2.83. The molecule has 0 radical (unpaired) electrons. The van der Waals surface area contributed by atoms with Gasteiger partial charge in [0.05, 0.1) is 17.2 Å². The van der Waals surface area contributed by atoms with Crippen LogP contribution in [0.1, 0.15) is 18.7 Å². The SMILES string of the molecule is COc1sc(CC(C)(C)O)cc1Br. The summed E-state index contributed by atoms with van der Waals surface area (Å²) in [6, 6.07) is 1.99. The fraction of sp³-hybridized carbons (Fsp3) is 0.556. The number of methoxy groups -OCH3 is 1. The molecule has 0 unspecified atom stereocenters. The van der Waals surface area contributed by atoms with Crippen LogP contribution in [0.2, 0.25) is 0 Å². The highest BCUT2D eigenvalue weighted by atomic mass is 79.9. The Labute approximate surface area is 90.7 Å². The van der Waals surface area contributed by atoms with Crippen LogP contribution in [0.15, 0.2) is 10.5 Å². The van der Waals surface area contributed by atoms with Crippen LogP contribution in [-0.4, -0.2) is 17.8 Å². The lowest BCUT2D eigenvalue weighted by atomic mass is 10.1. The fourth-order valence-corrected chi connectivity index (χ4v) is 2.96. The summed E-state index contributed by atoms with van der Waals surface area (Å²) in [5.74, 6) is 0. The molecular formula is C9H13BrO2S. The van der Waals surface area contributed by atoms with Crippen molar-refractivity contribution < 1.29 is 9.84 Å². The molecule has 0 amide bonds. The van der Waals surface area contributed by atoms with E-state index in [9.17, 15) is 5.11 Å². The molecule has 0 aliphatic carbocycles. The molecule has 1 N–H and O–H groups in total. The lowest BCUT2D eigenvalue weighted by molar-refractivity contribution is 0.0818. The molecule has 0 aromatic carbocycles. The first kappa shape index (κ1) is 11.0. The van der Waals surface area contributed by atoms with E-state index in [4.69, 9.17) is 4.74 Å².